The third kappa shape index (κ3) is 3.44. The third-order valence-electron chi connectivity index (χ3n) is 2.41. The minimum absolute atomic E-state index is 0.218. The molecule has 0 spiro atoms. The number of hydrogen-bond donors (Lipinski definition) is 3. The van der Waals surface area contributed by atoms with Crippen LogP contribution < -0.4 is 15.4 Å². The second-order valence-electron chi connectivity index (χ2n) is 3.79. The Hall–Kier alpha value is -1.11. The van der Waals surface area contributed by atoms with Gasteiger partial charge in [-0.1, -0.05) is 15.9 Å². The first-order chi connectivity index (χ1) is 8.51. The number of likely N-dealkylation sites (N-methyl/N-ethyl adjacent to an activating group) is 1. The normalized spacial score (nSPS) is 12.1. The van der Waals surface area contributed by atoms with E-state index in [1.807, 2.05) is 0 Å². The number of carbonyl (C=O) groups excluding carboxylic acids is 1. The molecule has 18 heavy (non-hydrogen) atoms. The molecule has 0 fully saturated rings. The molecule has 100 valence electrons. The van der Waals surface area contributed by atoms with Gasteiger partial charge in [0.2, 0.25) is 5.91 Å². The molecule has 6 heteroatoms. The van der Waals surface area contributed by atoms with Gasteiger partial charge < -0.3 is 20.5 Å². The molecule has 5 nitrogen and oxygen atoms in total. The Labute approximate surface area is 115 Å². The molecule has 1 aromatic rings. The highest BCUT2D eigenvalue weighted by Gasteiger charge is 2.20. The summed E-state index contributed by atoms with van der Waals surface area (Å²) in [6, 6.07) is 3.50. The number of rotatable bonds is 5. The average Bonchev–Trinajstić information content (AvgIpc) is 2.29. The van der Waals surface area contributed by atoms with Crippen LogP contribution in [0.4, 0.5) is 5.69 Å². The Morgan fingerprint density at radius 3 is 2.72 bits per heavy atom. The number of hydrogen-bond acceptors (Lipinski definition) is 4. The minimum Gasteiger partial charge on any atom is -0.495 e. The molecule has 3 N–H and O–H groups in total. The summed E-state index contributed by atoms with van der Waals surface area (Å²) in [5, 5.41) is 15.7. The number of aliphatic hydroxyl groups excluding tert-OH is 1. The molecule has 1 unspecified atom stereocenters. The first-order valence-corrected chi connectivity index (χ1v) is 6.27. The molecule has 0 heterocycles. The molecular formula is C12H17BrN2O3. The predicted molar refractivity (Wildman–Crippen MR) is 73.9 cm³/mol. The van der Waals surface area contributed by atoms with E-state index in [2.05, 4.69) is 26.6 Å². The summed E-state index contributed by atoms with van der Waals surface area (Å²) in [5.41, 5.74) is 1.08. The van der Waals surface area contributed by atoms with Crippen molar-refractivity contribution in [2.75, 3.05) is 26.0 Å². The van der Waals surface area contributed by atoms with E-state index in [4.69, 9.17) is 4.74 Å². The van der Waals surface area contributed by atoms with Crippen molar-refractivity contribution in [2.45, 2.75) is 13.0 Å². The SMILES string of the molecule is CNCC(O)c1c(Br)ccc(OC)c1NC(C)=O. The molecule has 0 saturated heterocycles. The standard InChI is InChI=1S/C12H17BrN2O3/c1-7(16)15-12-10(18-3)5-4-8(13)11(12)9(17)6-14-2/h4-5,9,14,17H,6H2,1-3H3,(H,15,16). The highest BCUT2D eigenvalue weighted by Crippen LogP contribution is 2.37. The second kappa shape index (κ2) is 6.72. The van der Waals surface area contributed by atoms with Gasteiger partial charge in [-0.15, -0.1) is 0 Å². The highest BCUT2D eigenvalue weighted by atomic mass is 79.9. The van der Waals surface area contributed by atoms with Gasteiger partial charge in [-0.05, 0) is 19.2 Å². The van der Waals surface area contributed by atoms with Crippen molar-refractivity contribution in [3.63, 3.8) is 0 Å². The lowest BCUT2D eigenvalue weighted by atomic mass is 10.1. The van der Waals surface area contributed by atoms with E-state index in [1.54, 1.807) is 19.2 Å². The van der Waals surface area contributed by atoms with Crippen molar-refractivity contribution >= 4 is 27.5 Å². The summed E-state index contributed by atoms with van der Waals surface area (Å²) in [7, 11) is 3.26. The third-order valence-corrected chi connectivity index (χ3v) is 3.10. The largest absolute Gasteiger partial charge is 0.495 e. The maximum atomic E-state index is 11.2. The molecular weight excluding hydrogens is 300 g/mol. The highest BCUT2D eigenvalue weighted by molar-refractivity contribution is 9.10. The number of halogens is 1. The smallest absolute Gasteiger partial charge is 0.221 e. The van der Waals surface area contributed by atoms with Gasteiger partial charge in [0.1, 0.15) is 5.75 Å². The fraction of sp³-hybridized carbons (Fsp3) is 0.417. The van der Waals surface area contributed by atoms with E-state index >= 15 is 0 Å². The average molecular weight is 317 g/mol. The molecule has 0 bridgehead atoms. The number of benzene rings is 1. The van der Waals surface area contributed by atoms with Gasteiger partial charge in [-0.25, -0.2) is 0 Å². The minimum atomic E-state index is -0.749. The summed E-state index contributed by atoms with van der Waals surface area (Å²) in [4.78, 5) is 11.2. The van der Waals surface area contributed by atoms with Gasteiger partial charge in [0.05, 0.1) is 18.9 Å². The van der Waals surface area contributed by atoms with Crippen LogP contribution in [-0.2, 0) is 4.79 Å². The summed E-state index contributed by atoms with van der Waals surface area (Å²) < 4.78 is 5.92. The Bertz CT molecular complexity index is 438. The number of nitrogens with one attached hydrogen (secondary N) is 2. The maximum Gasteiger partial charge on any atom is 0.221 e. The fourth-order valence-electron chi connectivity index (χ4n) is 1.67. The lowest BCUT2D eigenvalue weighted by Gasteiger charge is -2.19. The predicted octanol–water partition coefficient (Wildman–Crippen LogP) is 1.67. The number of carbonyl (C=O) groups is 1. The Balaban J connectivity index is 3.30. The van der Waals surface area contributed by atoms with Gasteiger partial charge in [-0.2, -0.15) is 0 Å². The van der Waals surface area contributed by atoms with Gasteiger partial charge in [-0.3, -0.25) is 4.79 Å². The summed E-state index contributed by atoms with van der Waals surface area (Å²) in [6.45, 7) is 1.78. The molecule has 1 rings (SSSR count). The van der Waals surface area contributed by atoms with Crippen LogP contribution in [0, 0.1) is 0 Å². The summed E-state index contributed by atoms with van der Waals surface area (Å²) >= 11 is 3.38. The van der Waals surface area contributed by atoms with Gasteiger partial charge >= 0.3 is 0 Å². The van der Waals surface area contributed by atoms with Crippen molar-refractivity contribution in [1.29, 1.82) is 0 Å². The van der Waals surface area contributed by atoms with Crippen LogP contribution >= 0.6 is 15.9 Å². The Morgan fingerprint density at radius 2 is 2.22 bits per heavy atom. The molecule has 0 radical (unpaired) electrons. The van der Waals surface area contributed by atoms with Gasteiger partial charge in [0, 0.05) is 23.5 Å². The second-order valence-corrected chi connectivity index (χ2v) is 4.65. The van der Waals surface area contributed by atoms with Crippen molar-refractivity contribution in [3.05, 3.63) is 22.2 Å². The molecule has 0 aromatic heterocycles. The van der Waals surface area contributed by atoms with Crippen molar-refractivity contribution in [1.82, 2.24) is 5.32 Å². The van der Waals surface area contributed by atoms with Crippen LogP contribution in [0.25, 0.3) is 0 Å². The molecule has 0 aliphatic rings. The monoisotopic (exact) mass is 316 g/mol. The summed E-state index contributed by atoms with van der Waals surface area (Å²) in [6.07, 6.45) is -0.749. The number of ether oxygens (including phenoxy) is 1. The molecule has 0 saturated carbocycles. The fourth-order valence-corrected chi connectivity index (χ4v) is 2.27. The van der Waals surface area contributed by atoms with Gasteiger partial charge in [0.15, 0.2) is 0 Å². The van der Waals surface area contributed by atoms with Crippen LogP contribution in [0.15, 0.2) is 16.6 Å². The van der Waals surface area contributed by atoms with Crippen molar-refractivity contribution in [2.24, 2.45) is 0 Å². The van der Waals surface area contributed by atoms with Crippen LogP contribution in [0.1, 0.15) is 18.6 Å². The Kier molecular flexibility index (Phi) is 5.58. The first-order valence-electron chi connectivity index (χ1n) is 5.47. The van der Waals surface area contributed by atoms with Crippen molar-refractivity contribution < 1.29 is 14.6 Å². The molecule has 1 aromatic carbocycles. The van der Waals surface area contributed by atoms with E-state index in [9.17, 15) is 9.90 Å². The first kappa shape index (κ1) is 14.9. The number of aliphatic hydroxyl groups is 1. The number of methoxy groups -OCH3 is 1. The maximum absolute atomic E-state index is 11.2. The summed E-state index contributed by atoms with van der Waals surface area (Å²) in [5.74, 6) is 0.294. The van der Waals surface area contributed by atoms with Crippen LogP contribution in [-0.4, -0.2) is 31.7 Å². The van der Waals surface area contributed by atoms with Crippen LogP contribution in [0.3, 0.4) is 0 Å². The molecule has 0 aliphatic heterocycles. The van der Waals surface area contributed by atoms with E-state index in [0.29, 0.717) is 23.5 Å². The zero-order chi connectivity index (χ0) is 13.7. The zero-order valence-electron chi connectivity index (χ0n) is 10.6. The van der Waals surface area contributed by atoms with Crippen LogP contribution in [0.5, 0.6) is 5.75 Å². The van der Waals surface area contributed by atoms with E-state index in [1.165, 1.54) is 14.0 Å². The van der Waals surface area contributed by atoms with Crippen LogP contribution in [0.2, 0.25) is 0 Å². The molecule has 1 amide bonds. The molecule has 1 atom stereocenters. The van der Waals surface area contributed by atoms with E-state index in [0.717, 1.165) is 4.47 Å². The zero-order valence-corrected chi connectivity index (χ0v) is 12.2. The lowest BCUT2D eigenvalue weighted by molar-refractivity contribution is -0.114. The molecule has 0 aliphatic carbocycles. The van der Waals surface area contributed by atoms with Gasteiger partial charge in [0.25, 0.3) is 0 Å². The Morgan fingerprint density at radius 1 is 1.56 bits per heavy atom. The number of amides is 1. The topological polar surface area (TPSA) is 70.6 Å². The van der Waals surface area contributed by atoms with Crippen molar-refractivity contribution in [3.8, 4) is 5.75 Å². The van der Waals surface area contributed by atoms with E-state index < -0.39 is 6.10 Å². The number of anilines is 1. The van der Waals surface area contributed by atoms with E-state index in [-0.39, 0.29) is 5.91 Å². The lowest BCUT2D eigenvalue weighted by Crippen LogP contribution is -2.19. The quantitative estimate of drug-likeness (QED) is 0.773.